The monoisotopic (exact) mass is 1810 g/mol. The Labute approximate surface area is 750 Å². The number of halogens is 9. The number of carbonyl (C=O) groups excluding carboxylic acids is 1. The van der Waals surface area contributed by atoms with Gasteiger partial charge in [0.05, 0.1) is 82.5 Å². The van der Waals surface area contributed by atoms with Crippen molar-refractivity contribution in [1.29, 1.82) is 0 Å². The SMILES string of the molecule is CC1CCc2nc3c(F)cc(-c4nc(Cl)ncc4F)cc3n21.CC1CCc2nc3c(F)cc(-c4nc(Nc5ccc(N6CCN(C(=O)OC(C)(C)C)CC6)cn5)ncc4F)cc3n21.CC1CCc2nc3c(F)cc(-c4nc(Nc5ccc(N6CCNCC6)cn5)ncc4F)cc3n21.CC1CCc2nc3c(F)cc(-c4nc(Nc5ccc(N6CCNCC6)cn5)ncc4F)cc3n21. The lowest BCUT2D eigenvalue weighted by atomic mass is 10.1. The van der Waals surface area contributed by atoms with E-state index in [4.69, 9.17) is 16.3 Å². The molecule has 0 saturated carbocycles. The zero-order chi connectivity index (χ0) is 90.8. The van der Waals surface area contributed by atoms with Gasteiger partial charge in [0.15, 0.2) is 46.5 Å². The molecule has 39 heteroatoms. The van der Waals surface area contributed by atoms with Crippen LogP contribution in [0.15, 0.2) is 128 Å². The molecule has 11 aromatic heterocycles. The Kier molecular flexibility index (Phi) is 23.8. The van der Waals surface area contributed by atoms with Crippen LogP contribution in [0.5, 0.6) is 0 Å². The van der Waals surface area contributed by atoms with E-state index < -0.39 is 52.1 Å². The Morgan fingerprint density at radius 2 is 0.656 bits per heavy atom. The fourth-order valence-electron chi connectivity index (χ4n) is 17.9. The molecule has 7 aliphatic heterocycles. The number of rotatable bonds is 13. The third kappa shape index (κ3) is 17.9. The van der Waals surface area contributed by atoms with Crippen LogP contribution in [0.3, 0.4) is 0 Å². The summed E-state index contributed by atoms with van der Waals surface area (Å²) in [6, 6.07) is 24.2. The summed E-state index contributed by atoms with van der Waals surface area (Å²) in [5, 5.41) is 15.6. The summed E-state index contributed by atoms with van der Waals surface area (Å²) in [5.74, 6) is 0.974. The average molecular weight is 1810 g/mol. The van der Waals surface area contributed by atoms with Crippen LogP contribution in [-0.4, -0.2) is 188 Å². The fourth-order valence-corrected chi connectivity index (χ4v) is 18.1. The highest BCUT2D eigenvalue weighted by atomic mass is 35.5. The van der Waals surface area contributed by atoms with E-state index in [-0.39, 0.29) is 76.2 Å². The maximum absolute atomic E-state index is 15.0. The summed E-state index contributed by atoms with van der Waals surface area (Å²) >= 11 is 5.72. The van der Waals surface area contributed by atoms with Gasteiger partial charge in [-0.3, -0.25) is 0 Å². The maximum atomic E-state index is 15.0. The molecule has 674 valence electrons. The van der Waals surface area contributed by atoms with Gasteiger partial charge >= 0.3 is 6.09 Å². The van der Waals surface area contributed by atoms with Crippen molar-refractivity contribution in [3.8, 4) is 45.0 Å². The van der Waals surface area contributed by atoms with E-state index in [1.54, 1.807) is 53.8 Å². The van der Waals surface area contributed by atoms with Crippen LogP contribution < -0.4 is 41.3 Å². The van der Waals surface area contributed by atoms with E-state index in [1.807, 2.05) is 69.4 Å². The summed E-state index contributed by atoms with van der Waals surface area (Å²) in [6.07, 6.45) is 16.3. The Morgan fingerprint density at radius 3 is 0.947 bits per heavy atom. The molecule has 5 N–H and O–H groups in total. The first kappa shape index (κ1) is 86.6. The van der Waals surface area contributed by atoms with Gasteiger partial charge in [0, 0.05) is 151 Å². The first-order valence-corrected chi connectivity index (χ1v) is 44.0. The Balaban J connectivity index is 0.000000115. The van der Waals surface area contributed by atoms with E-state index in [0.29, 0.717) is 110 Å². The number of nitrogens with one attached hydrogen (secondary N) is 5. The number of pyridine rings is 3. The predicted octanol–water partition coefficient (Wildman–Crippen LogP) is 17.1. The molecule has 7 aliphatic rings. The highest BCUT2D eigenvalue weighted by Crippen LogP contribution is 2.41. The summed E-state index contributed by atoms with van der Waals surface area (Å²) < 4.78 is 131. The number of nitrogens with zero attached hydrogens (tertiary/aromatic N) is 23. The molecule has 0 aliphatic carbocycles. The van der Waals surface area contributed by atoms with Gasteiger partial charge in [-0.2, -0.15) is 0 Å². The third-order valence-corrected chi connectivity index (χ3v) is 24.6. The zero-order valence-electron chi connectivity index (χ0n) is 72.6. The number of ether oxygens (including phenoxy) is 1. The number of amides is 1. The number of hydrogen-bond acceptors (Lipinski definition) is 25. The maximum Gasteiger partial charge on any atom is 0.410 e. The number of carbonyl (C=O) groups is 1. The number of aromatic nitrogens is 19. The molecule has 30 nitrogen and oxygen atoms in total. The van der Waals surface area contributed by atoms with Crippen molar-refractivity contribution in [1.82, 2.24) is 109 Å². The minimum Gasteiger partial charge on any atom is -0.444 e. The van der Waals surface area contributed by atoms with Crippen LogP contribution >= 0.6 is 11.6 Å². The van der Waals surface area contributed by atoms with Crippen molar-refractivity contribution in [3.05, 3.63) is 203 Å². The third-order valence-electron chi connectivity index (χ3n) is 24.5. The van der Waals surface area contributed by atoms with Crippen LogP contribution in [0, 0.1) is 46.5 Å². The van der Waals surface area contributed by atoms with Crippen LogP contribution in [0.1, 0.15) is 122 Å². The molecule has 15 aromatic rings. The number of anilines is 9. The molecule has 22 rings (SSSR count). The Hall–Kier alpha value is -13.8. The van der Waals surface area contributed by atoms with E-state index in [1.165, 1.54) is 24.3 Å². The van der Waals surface area contributed by atoms with E-state index in [2.05, 4.69) is 144 Å². The highest BCUT2D eigenvalue weighted by Gasteiger charge is 2.33. The number of hydrogen-bond donors (Lipinski definition) is 5. The van der Waals surface area contributed by atoms with Crippen LogP contribution in [0.2, 0.25) is 5.28 Å². The summed E-state index contributed by atoms with van der Waals surface area (Å²) in [6.45, 7) is 23.7. The number of fused-ring (bicyclic) bond motifs is 12. The van der Waals surface area contributed by atoms with Gasteiger partial charge in [-0.25, -0.2) is 115 Å². The minimum atomic E-state index is -0.655. The van der Waals surface area contributed by atoms with Gasteiger partial charge in [-0.1, -0.05) is 0 Å². The predicted molar refractivity (Wildman–Crippen MR) is 483 cm³/mol. The summed E-state index contributed by atoms with van der Waals surface area (Å²) in [5.41, 5.74) is 7.66. The van der Waals surface area contributed by atoms with Gasteiger partial charge in [0.25, 0.3) is 0 Å². The van der Waals surface area contributed by atoms with Crippen LogP contribution in [0.4, 0.5) is 92.3 Å². The molecule has 0 bridgehead atoms. The standard InChI is InChI=1S/C29H32F2N8O2.2C24H24F2N8.C15H11ClF2N4/c1-17-5-8-24-35-26-20(30)13-18(14-22(26)39(17)24)25-21(31)16-33-27(36-25)34-23-7-6-19(15-32-23)37-9-11-38(12-10-37)28(40)41-29(2,3)4;2*1-14-2-5-21-31-23-17(25)10-15(11-19(23)34(14)21)22-18(26)13-29-24(32-22)30-20-4-3-16(12-28-20)33-8-6-27-7-9-33;1-7-2-3-12-20-14-9(17)4-8(5-11(14)22(7)12)13-10(18)6-19-15(16)21-13/h6-7,13-17H,5,8-12H2,1-4H3,(H,32,33,34,36);2*3-4,10-14,27H,2,5-9H2,1H3,(H,28,29,30,32);4-7H,2-3H2,1H3. The lowest BCUT2D eigenvalue weighted by Crippen LogP contribution is -2.50. The molecular formula is C92H91ClF8N28O2. The lowest BCUT2D eigenvalue weighted by molar-refractivity contribution is 0.0240. The Bertz CT molecular complexity index is 6640. The van der Waals surface area contributed by atoms with E-state index in [0.717, 1.165) is 169 Å². The molecular weight excluding hydrogens is 1720 g/mol. The van der Waals surface area contributed by atoms with Crippen molar-refractivity contribution >= 4 is 114 Å². The van der Waals surface area contributed by atoms with Gasteiger partial charge in [0.2, 0.25) is 23.1 Å². The minimum absolute atomic E-state index is 0.0102. The fraction of sp³-hybridized carbons (Fsp3) is 0.348. The lowest BCUT2D eigenvalue weighted by Gasteiger charge is -2.36. The Morgan fingerprint density at radius 1 is 0.366 bits per heavy atom. The second-order valence-corrected chi connectivity index (χ2v) is 34.8. The molecule has 0 spiro atoms. The molecule has 4 atom stereocenters. The van der Waals surface area contributed by atoms with Gasteiger partial charge < -0.3 is 69.2 Å². The number of imidazole rings is 4. The van der Waals surface area contributed by atoms with Gasteiger partial charge in [-0.15, -0.1) is 0 Å². The zero-order valence-corrected chi connectivity index (χ0v) is 73.3. The van der Waals surface area contributed by atoms with Crippen molar-refractivity contribution in [3.63, 3.8) is 0 Å². The largest absolute Gasteiger partial charge is 0.444 e. The first-order valence-electron chi connectivity index (χ1n) is 43.7. The van der Waals surface area contributed by atoms with Gasteiger partial charge in [-0.05, 0) is 171 Å². The van der Waals surface area contributed by atoms with Crippen molar-refractivity contribution < 1.29 is 44.7 Å². The van der Waals surface area contributed by atoms with Crippen molar-refractivity contribution in [2.24, 2.45) is 0 Å². The number of piperazine rings is 3. The van der Waals surface area contributed by atoms with Crippen LogP contribution in [-0.2, 0) is 30.4 Å². The second kappa shape index (κ2) is 35.9. The van der Waals surface area contributed by atoms with E-state index >= 15 is 4.39 Å². The first-order chi connectivity index (χ1) is 63.2. The molecule has 0 radical (unpaired) electrons. The summed E-state index contributed by atoms with van der Waals surface area (Å²) in [7, 11) is 0. The topological polar surface area (TPSA) is 312 Å². The van der Waals surface area contributed by atoms with E-state index in [9.17, 15) is 35.5 Å². The van der Waals surface area contributed by atoms with Gasteiger partial charge in [0.1, 0.15) is 91.2 Å². The smallest absolute Gasteiger partial charge is 0.410 e. The molecule has 4 aromatic carbocycles. The molecule has 3 fully saturated rings. The highest BCUT2D eigenvalue weighted by molar-refractivity contribution is 6.28. The molecule has 18 heterocycles. The summed E-state index contributed by atoms with van der Waals surface area (Å²) in [4.78, 5) is 84.4. The average Bonchev–Trinajstić information content (AvgIpc) is 1.61. The molecule has 131 heavy (non-hydrogen) atoms. The van der Waals surface area contributed by atoms with Crippen molar-refractivity contribution in [2.45, 2.75) is 130 Å². The quantitative estimate of drug-likeness (QED) is 0.0529. The molecule has 4 unspecified atom stereocenters. The normalized spacial score (nSPS) is 17.5. The van der Waals surface area contributed by atoms with Crippen LogP contribution in [0.25, 0.3) is 89.2 Å². The number of aryl methyl sites for hydroxylation is 4. The molecule has 1 amide bonds. The van der Waals surface area contributed by atoms with Crippen molar-refractivity contribution in [2.75, 3.05) is 109 Å². The number of benzene rings is 4. The molecule has 3 saturated heterocycles. The second-order valence-electron chi connectivity index (χ2n) is 34.5.